The molecule has 192 valence electrons. The summed E-state index contributed by atoms with van der Waals surface area (Å²) in [6.07, 6.45) is 9.27. The van der Waals surface area contributed by atoms with Gasteiger partial charge in [-0.15, -0.1) is 0 Å². The minimum atomic E-state index is 0.00303. The van der Waals surface area contributed by atoms with Crippen molar-refractivity contribution in [3.05, 3.63) is 88.8 Å². The number of rotatable bonds is 4. The van der Waals surface area contributed by atoms with Crippen LogP contribution in [-0.2, 0) is 6.54 Å². The van der Waals surface area contributed by atoms with Gasteiger partial charge in [0.25, 0.3) is 5.56 Å². The molecule has 2 atom stereocenters. The van der Waals surface area contributed by atoms with Crippen LogP contribution < -0.4 is 5.56 Å². The zero-order valence-electron chi connectivity index (χ0n) is 21.5. The second-order valence-electron chi connectivity index (χ2n) is 11.1. The minimum absolute atomic E-state index is 0.00303. The van der Waals surface area contributed by atoms with Gasteiger partial charge in [0.05, 0.1) is 6.04 Å². The number of amides is 2. The number of nitrogens with zero attached hydrogens (tertiary/aromatic N) is 4. The van der Waals surface area contributed by atoms with Crippen molar-refractivity contribution in [2.24, 2.45) is 11.3 Å². The quantitative estimate of drug-likeness (QED) is 0.462. The fourth-order valence-corrected chi connectivity index (χ4v) is 7.15. The van der Waals surface area contributed by atoms with Gasteiger partial charge < -0.3 is 9.80 Å². The van der Waals surface area contributed by atoms with Gasteiger partial charge in [0.15, 0.2) is 0 Å². The van der Waals surface area contributed by atoms with Crippen LogP contribution in [0.15, 0.2) is 77.7 Å². The van der Waals surface area contributed by atoms with Crippen molar-refractivity contribution < 1.29 is 4.79 Å². The number of piperidine rings is 1. The Labute approximate surface area is 218 Å². The summed E-state index contributed by atoms with van der Waals surface area (Å²) in [4.78, 5) is 35.8. The van der Waals surface area contributed by atoms with E-state index in [1.54, 1.807) is 12.3 Å². The molecule has 6 heteroatoms. The first-order chi connectivity index (χ1) is 18.1. The second kappa shape index (κ2) is 10.2. The lowest BCUT2D eigenvalue weighted by molar-refractivity contribution is 0.0284. The first-order valence-corrected chi connectivity index (χ1v) is 13.9. The van der Waals surface area contributed by atoms with E-state index in [9.17, 15) is 9.59 Å². The average molecular weight is 497 g/mol. The van der Waals surface area contributed by atoms with E-state index < -0.39 is 0 Å². The van der Waals surface area contributed by atoms with Gasteiger partial charge >= 0.3 is 6.03 Å². The van der Waals surface area contributed by atoms with E-state index in [1.807, 2.05) is 41.0 Å². The SMILES string of the molecule is O=C(N1CCC(Cn2c(-c3ccccc3)nccc2=O)C2(CCCC2)C1)N1CCC[C@H]1c1ccccc1. The first kappa shape index (κ1) is 24.0. The predicted molar refractivity (Wildman–Crippen MR) is 145 cm³/mol. The number of likely N-dealkylation sites (tertiary alicyclic amines) is 2. The van der Waals surface area contributed by atoms with Gasteiger partial charge in [0.2, 0.25) is 0 Å². The fourth-order valence-electron chi connectivity index (χ4n) is 7.15. The highest BCUT2D eigenvalue weighted by Crippen LogP contribution is 2.50. The Morgan fingerprint density at radius 3 is 2.38 bits per heavy atom. The van der Waals surface area contributed by atoms with E-state index >= 15 is 0 Å². The fraction of sp³-hybridized carbons (Fsp3) is 0.452. The van der Waals surface area contributed by atoms with Crippen molar-refractivity contribution >= 4 is 6.03 Å². The number of hydrogen-bond acceptors (Lipinski definition) is 3. The van der Waals surface area contributed by atoms with Gasteiger partial charge in [-0.25, -0.2) is 9.78 Å². The summed E-state index contributed by atoms with van der Waals surface area (Å²) in [6.45, 7) is 3.04. The van der Waals surface area contributed by atoms with Crippen molar-refractivity contribution in [3.8, 4) is 11.4 Å². The molecule has 1 saturated carbocycles. The molecule has 2 aliphatic heterocycles. The van der Waals surface area contributed by atoms with Gasteiger partial charge in [0, 0.05) is 44.0 Å². The Morgan fingerprint density at radius 1 is 0.892 bits per heavy atom. The van der Waals surface area contributed by atoms with E-state index in [-0.39, 0.29) is 23.0 Å². The molecule has 0 bridgehead atoms. The lowest BCUT2D eigenvalue weighted by Crippen LogP contribution is -2.54. The van der Waals surface area contributed by atoms with E-state index in [2.05, 4.69) is 39.0 Å². The number of aromatic nitrogens is 2. The molecule has 3 fully saturated rings. The lowest BCUT2D eigenvalue weighted by atomic mass is 9.69. The number of urea groups is 1. The molecule has 6 nitrogen and oxygen atoms in total. The molecular weight excluding hydrogens is 460 g/mol. The number of carbonyl (C=O) groups excluding carboxylic acids is 1. The molecule has 2 saturated heterocycles. The molecule has 2 amide bonds. The molecule has 1 aliphatic carbocycles. The molecule has 0 radical (unpaired) electrons. The first-order valence-electron chi connectivity index (χ1n) is 13.9. The van der Waals surface area contributed by atoms with Crippen molar-refractivity contribution in [2.45, 2.75) is 57.5 Å². The third-order valence-electron chi connectivity index (χ3n) is 9.04. The summed E-state index contributed by atoms with van der Waals surface area (Å²) in [5, 5.41) is 0. The zero-order chi connectivity index (χ0) is 25.2. The van der Waals surface area contributed by atoms with Crippen LogP contribution in [-0.4, -0.2) is 45.0 Å². The van der Waals surface area contributed by atoms with Crippen molar-refractivity contribution in [2.75, 3.05) is 19.6 Å². The second-order valence-corrected chi connectivity index (χ2v) is 11.1. The topological polar surface area (TPSA) is 58.4 Å². The summed E-state index contributed by atoms with van der Waals surface area (Å²) in [5.74, 6) is 1.09. The number of carbonyl (C=O) groups is 1. The zero-order valence-corrected chi connectivity index (χ0v) is 21.5. The average Bonchev–Trinajstić information content (AvgIpc) is 3.62. The third-order valence-corrected chi connectivity index (χ3v) is 9.04. The van der Waals surface area contributed by atoms with E-state index in [0.29, 0.717) is 12.5 Å². The smallest absolute Gasteiger partial charge is 0.320 e. The summed E-state index contributed by atoms with van der Waals surface area (Å²) in [5.41, 5.74) is 2.28. The van der Waals surface area contributed by atoms with E-state index in [1.165, 1.54) is 18.4 Å². The number of benzene rings is 2. The van der Waals surface area contributed by atoms with Crippen LogP contribution in [0.2, 0.25) is 0 Å². The lowest BCUT2D eigenvalue weighted by Gasteiger charge is -2.48. The molecule has 3 heterocycles. The summed E-state index contributed by atoms with van der Waals surface area (Å²) in [7, 11) is 0. The number of hydrogen-bond donors (Lipinski definition) is 0. The third kappa shape index (κ3) is 4.58. The van der Waals surface area contributed by atoms with Crippen LogP contribution in [0.3, 0.4) is 0 Å². The highest BCUT2D eigenvalue weighted by atomic mass is 16.2. The van der Waals surface area contributed by atoms with Gasteiger partial charge in [-0.2, -0.15) is 0 Å². The monoisotopic (exact) mass is 496 g/mol. The maximum Gasteiger partial charge on any atom is 0.320 e. The van der Waals surface area contributed by atoms with Crippen molar-refractivity contribution in [3.63, 3.8) is 0 Å². The molecule has 1 aromatic heterocycles. The molecule has 3 aromatic rings. The Bertz CT molecular complexity index is 1280. The van der Waals surface area contributed by atoms with Crippen LogP contribution in [0.1, 0.15) is 56.6 Å². The van der Waals surface area contributed by atoms with Gasteiger partial charge in [-0.1, -0.05) is 73.5 Å². The molecule has 1 spiro atoms. The van der Waals surface area contributed by atoms with Crippen LogP contribution in [0.4, 0.5) is 4.79 Å². The standard InChI is InChI=1S/C31H36N4O2/c36-28-15-19-32-29(25-12-5-2-6-13-25)35(28)22-26-16-21-33(23-31(26)17-7-8-18-31)30(37)34-20-9-14-27(34)24-10-3-1-4-11-24/h1-6,10-13,15,19,26-27H,7-9,14,16-18,20-23H2/t26?,27-/m0/s1. The molecule has 6 rings (SSSR count). The van der Waals surface area contributed by atoms with Crippen LogP contribution in [0.5, 0.6) is 0 Å². The minimum Gasteiger partial charge on any atom is -0.324 e. The maximum absolute atomic E-state index is 13.9. The largest absolute Gasteiger partial charge is 0.324 e. The molecular formula is C31H36N4O2. The molecule has 1 unspecified atom stereocenters. The molecule has 3 aliphatic rings. The van der Waals surface area contributed by atoms with Crippen molar-refractivity contribution in [1.82, 2.24) is 19.4 Å². The van der Waals surface area contributed by atoms with Gasteiger partial charge in [-0.05, 0) is 49.0 Å². The summed E-state index contributed by atoms with van der Waals surface area (Å²) >= 11 is 0. The normalized spacial score (nSPS) is 23.0. The van der Waals surface area contributed by atoms with E-state index in [0.717, 1.165) is 63.1 Å². The maximum atomic E-state index is 13.9. The van der Waals surface area contributed by atoms with Gasteiger partial charge in [0.1, 0.15) is 5.82 Å². The van der Waals surface area contributed by atoms with Gasteiger partial charge in [-0.3, -0.25) is 9.36 Å². The van der Waals surface area contributed by atoms with Crippen molar-refractivity contribution in [1.29, 1.82) is 0 Å². The van der Waals surface area contributed by atoms with Crippen LogP contribution in [0.25, 0.3) is 11.4 Å². The predicted octanol–water partition coefficient (Wildman–Crippen LogP) is 5.75. The summed E-state index contributed by atoms with van der Waals surface area (Å²) < 4.78 is 1.88. The van der Waals surface area contributed by atoms with Crippen LogP contribution in [0, 0.1) is 11.3 Å². The Balaban J connectivity index is 1.24. The van der Waals surface area contributed by atoms with E-state index in [4.69, 9.17) is 0 Å². The highest BCUT2D eigenvalue weighted by Gasteiger charge is 2.47. The summed E-state index contributed by atoms with van der Waals surface area (Å²) in [6, 6.07) is 22.4. The van der Waals surface area contributed by atoms with Crippen LogP contribution >= 0.6 is 0 Å². The highest BCUT2D eigenvalue weighted by molar-refractivity contribution is 5.75. The Kier molecular flexibility index (Phi) is 6.58. The molecule has 37 heavy (non-hydrogen) atoms. The Hall–Kier alpha value is -3.41. The molecule has 0 N–H and O–H groups in total. The molecule has 2 aromatic carbocycles. The Morgan fingerprint density at radius 2 is 1.62 bits per heavy atom.